The first-order valence-electron chi connectivity index (χ1n) is 4.79. The average Bonchev–Trinajstić information content (AvgIpc) is 2.29. The third-order valence-electron chi connectivity index (χ3n) is 2.31. The number of halogens is 1. The van der Waals surface area contributed by atoms with Crippen LogP contribution in [0.25, 0.3) is 0 Å². The van der Waals surface area contributed by atoms with Crippen molar-refractivity contribution in [1.29, 1.82) is 5.41 Å². The van der Waals surface area contributed by atoms with Gasteiger partial charge in [-0.25, -0.2) is 0 Å². The standard InChI is InChI=1S/C10H12BrN3O/c11-9-5-8(6-13-7-9)10(12)14-1-3-15-4-2-14/h5-7,12H,1-4H2. The summed E-state index contributed by atoms with van der Waals surface area (Å²) in [6.45, 7) is 2.96. The van der Waals surface area contributed by atoms with Gasteiger partial charge in [-0.3, -0.25) is 10.4 Å². The maximum Gasteiger partial charge on any atom is 0.129 e. The van der Waals surface area contributed by atoms with E-state index in [1.54, 1.807) is 12.4 Å². The van der Waals surface area contributed by atoms with E-state index in [2.05, 4.69) is 20.9 Å². The van der Waals surface area contributed by atoms with Crippen molar-refractivity contribution in [2.24, 2.45) is 0 Å². The van der Waals surface area contributed by atoms with Crippen molar-refractivity contribution in [3.63, 3.8) is 0 Å². The highest BCUT2D eigenvalue weighted by Crippen LogP contribution is 2.12. The van der Waals surface area contributed by atoms with Crippen LogP contribution < -0.4 is 0 Å². The van der Waals surface area contributed by atoms with E-state index in [0.29, 0.717) is 19.0 Å². The first-order valence-corrected chi connectivity index (χ1v) is 5.59. The summed E-state index contributed by atoms with van der Waals surface area (Å²) < 4.78 is 6.15. The number of morpholine rings is 1. The first kappa shape index (κ1) is 10.6. The van der Waals surface area contributed by atoms with Gasteiger partial charge in [-0.1, -0.05) is 0 Å². The van der Waals surface area contributed by atoms with Gasteiger partial charge in [0.2, 0.25) is 0 Å². The monoisotopic (exact) mass is 269 g/mol. The lowest BCUT2D eigenvalue weighted by molar-refractivity contribution is 0.0680. The van der Waals surface area contributed by atoms with Crippen LogP contribution in [-0.2, 0) is 4.74 Å². The van der Waals surface area contributed by atoms with E-state index < -0.39 is 0 Å². The van der Waals surface area contributed by atoms with E-state index in [4.69, 9.17) is 10.1 Å². The third-order valence-corrected chi connectivity index (χ3v) is 2.74. The second-order valence-corrected chi connectivity index (χ2v) is 4.26. The van der Waals surface area contributed by atoms with Crippen LogP contribution in [0.15, 0.2) is 22.9 Å². The Balaban J connectivity index is 2.12. The highest BCUT2D eigenvalue weighted by molar-refractivity contribution is 9.10. The molecular formula is C10H12BrN3O. The number of nitrogens with zero attached hydrogens (tertiary/aromatic N) is 2. The molecular weight excluding hydrogens is 258 g/mol. The van der Waals surface area contributed by atoms with Crippen molar-refractivity contribution in [2.75, 3.05) is 26.3 Å². The lowest BCUT2D eigenvalue weighted by Crippen LogP contribution is -2.40. The molecule has 0 aromatic carbocycles. The van der Waals surface area contributed by atoms with Crippen molar-refractivity contribution in [3.05, 3.63) is 28.5 Å². The first-order chi connectivity index (χ1) is 7.27. The summed E-state index contributed by atoms with van der Waals surface area (Å²) in [6.07, 6.45) is 3.43. The molecule has 1 N–H and O–H groups in total. The Bertz CT molecular complexity index is 363. The second-order valence-electron chi connectivity index (χ2n) is 3.34. The van der Waals surface area contributed by atoms with E-state index in [0.717, 1.165) is 23.1 Å². The SMILES string of the molecule is N=C(c1cncc(Br)c1)N1CCOCC1. The molecule has 1 aromatic heterocycles. The number of nitrogens with one attached hydrogen (secondary N) is 1. The van der Waals surface area contributed by atoms with Gasteiger partial charge in [0.1, 0.15) is 5.84 Å². The number of rotatable bonds is 1. The molecule has 1 aromatic rings. The predicted octanol–water partition coefficient (Wildman–Crippen LogP) is 1.50. The second kappa shape index (κ2) is 4.72. The van der Waals surface area contributed by atoms with Crippen LogP contribution in [0.2, 0.25) is 0 Å². The van der Waals surface area contributed by atoms with Gasteiger partial charge in [0.15, 0.2) is 0 Å². The lowest BCUT2D eigenvalue weighted by atomic mass is 10.2. The molecule has 0 unspecified atom stereocenters. The van der Waals surface area contributed by atoms with Crippen LogP contribution >= 0.6 is 15.9 Å². The summed E-state index contributed by atoms with van der Waals surface area (Å²) in [7, 11) is 0. The molecule has 0 aliphatic carbocycles. The molecule has 0 amide bonds. The van der Waals surface area contributed by atoms with E-state index >= 15 is 0 Å². The molecule has 2 heterocycles. The smallest absolute Gasteiger partial charge is 0.129 e. The quantitative estimate of drug-likeness (QED) is 0.621. The Kier molecular flexibility index (Phi) is 3.33. The third kappa shape index (κ3) is 2.54. The molecule has 1 aliphatic rings. The largest absolute Gasteiger partial charge is 0.378 e. The Morgan fingerprint density at radius 3 is 2.80 bits per heavy atom. The van der Waals surface area contributed by atoms with Crippen LogP contribution in [0, 0.1) is 5.41 Å². The fourth-order valence-corrected chi connectivity index (χ4v) is 1.88. The van der Waals surface area contributed by atoms with Crippen molar-refractivity contribution in [1.82, 2.24) is 9.88 Å². The van der Waals surface area contributed by atoms with Gasteiger partial charge in [0.05, 0.1) is 13.2 Å². The molecule has 0 spiro atoms. The van der Waals surface area contributed by atoms with Crippen LogP contribution in [0.4, 0.5) is 0 Å². The van der Waals surface area contributed by atoms with Gasteiger partial charge in [0.25, 0.3) is 0 Å². The maximum atomic E-state index is 8.03. The van der Waals surface area contributed by atoms with Crippen LogP contribution in [0.3, 0.4) is 0 Å². The highest BCUT2D eigenvalue weighted by Gasteiger charge is 2.15. The predicted molar refractivity (Wildman–Crippen MR) is 61.2 cm³/mol. The fraction of sp³-hybridized carbons (Fsp3) is 0.400. The molecule has 0 saturated carbocycles. The highest BCUT2D eigenvalue weighted by atomic mass is 79.9. The van der Waals surface area contributed by atoms with Crippen molar-refractivity contribution < 1.29 is 4.74 Å². The zero-order valence-corrected chi connectivity index (χ0v) is 9.83. The molecule has 2 rings (SSSR count). The molecule has 1 saturated heterocycles. The number of ether oxygens (including phenoxy) is 1. The summed E-state index contributed by atoms with van der Waals surface area (Å²) in [5.74, 6) is 0.520. The zero-order valence-electron chi connectivity index (χ0n) is 8.24. The molecule has 1 fully saturated rings. The Morgan fingerprint density at radius 2 is 2.13 bits per heavy atom. The topological polar surface area (TPSA) is 49.2 Å². The van der Waals surface area contributed by atoms with E-state index in [9.17, 15) is 0 Å². The number of pyridine rings is 1. The number of amidine groups is 1. The zero-order chi connectivity index (χ0) is 10.7. The summed E-state index contributed by atoms with van der Waals surface area (Å²) >= 11 is 3.35. The summed E-state index contributed by atoms with van der Waals surface area (Å²) in [6, 6.07) is 1.91. The summed E-state index contributed by atoms with van der Waals surface area (Å²) in [5, 5.41) is 8.03. The van der Waals surface area contributed by atoms with Gasteiger partial charge in [-0.15, -0.1) is 0 Å². The minimum Gasteiger partial charge on any atom is -0.378 e. The number of hydrogen-bond acceptors (Lipinski definition) is 3. The molecule has 5 heteroatoms. The van der Waals surface area contributed by atoms with Crippen molar-refractivity contribution >= 4 is 21.8 Å². The molecule has 0 atom stereocenters. The maximum absolute atomic E-state index is 8.03. The van der Waals surface area contributed by atoms with Gasteiger partial charge < -0.3 is 9.64 Å². The van der Waals surface area contributed by atoms with Gasteiger partial charge in [0, 0.05) is 35.5 Å². The van der Waals surface area contributed by atoms with Crippen LogP contribution in [0.5, 0.6) is 0 Å². The molecule has 80 valence electrons. The van der Waals surface area contributed by atoms with E-state index in [-0.39, 0.29) is 0 Å². The van der Waals surface area contributed by atoms with Crippen LogP contribution in [0.1, 0.15) is 5.56 Å². The molecule has 0 radical (unpaired) electrons. The number of aromatic nitrogens is 1. The average molecular weight is 270 g/mol. The Hall–Kier alpha value is -0.940. The normalized spacial score (nSPS) is 16.5. The minimum atomic E-state index is 0.520. The van der Waals surface area contributed by atoms with Crippen LogP contribution in [-0.4, -0.2) is 42.0 Å². The summed E-state index contributed by atoms with van der Waals surface area (Å²) in [5.41, 5.74) is 0.839. The molecule has 1 aliphatic heterocycles. The van der Waals surface area contributed by atoms with Gasteiger partial charge in [-0.05, 0) is 22.0 Å². The lowest BCUT2D eigenvalue weighted by Gasteiger charge is -2.28. The number of hydrogen-bond donors (Lipinski definition) is 1. The van der Waals surface area contributed by atoms with E-state index in [1.165, 1.54) is 0 Å². The molecule has 0 bridgehead atoms. The molecule has 4 nitrogen and oxygen atoms in total. The summed E-state index contributed by atoms with van der Waals surface area (Å²) in [4.78, 5) is 6.06. The Labute approximate surface area is 96.9 Å². The van der Waals surface area contributed by atoms with Crippen molar-refractivity contribution in [2.45, 2.75) is 0 Å². The van der Waals surface area contributed by atoms with Gasteiger partial charge >= 0.3 is 0 Å². The Morgan fingerprint density at radius 1 is 1.40 bits per heavy atom. The minimum absolute atomic E-state index is 0.520. The molecule has 15 heavy (non-hydrogen) atoms. The van der Waals surface area contributed by atoms with Crippen molar-refractivity contribution in [3.8, 4) is 0 Å². The van der Waals surface area contributed by atoms with Gasteiger partial charge in [-0.2, -0.15) is 0 Å². The fourth-order valence-electron chi connectivity index (χ4n) is 1.51. The van der Waals surface area contributed by atoms with E-state index in [1.807, 2.05) is 11.0 Å².